The van der Waals surface area contributed by atoms with Gasteiger partial charge in [-0.15, -0.1) is 0 Å². The summed E-state index contributed by atoms with van der Waals surface area (Å²) in [7, 11) is 1.49. The highest BCUT2D eigenvalue weighted by atomic mass is 19.4. The molecule has 1 aliphatic carbocycles. The molecule has 0 bridgehead atoms. The van der Waals surface area contributed by atoms with Crippen LogP contribution in [0.4, 0.5) is 23.2 Å². The fourth-order valence-corrected chi connectivity index (χ4v) is 2.08. The molecule has 2 rings (SSSR count). The maximum absolute atomic E-state index is 13.9. The van der Waals surface area contributed by atoms with Gasteiger partial charge >= 0.3 is 6.18 Å². The molecule has 0 atom stereocenters. The number of alkyl halides is 3. The van der Waals surface area contributed by atoms with E-state index in [0.29, 0.717) is 18.2 Å². The van der Waals surface area contributed by atoms with E-state index in [0.717, 1.165) is 12.8 Å². The van der Waals surface area contributed by atoms with Gasteiger partial charge in [-0.1, -0.05) is 12.1 Å². The largest absolute Gasteiger partial charge is 0.390 e. The summed E-state index contributed by atoms with van der Waals surface area (Å²) in [6, 6.07) is 5.07. The van der Waals surface area contributed by atoms with Crippen LogP contribution in [0.3, 0.4) is 0 Å². The molecule has 2 nitrogen and oxygen atoms in total. The van der Waals surface area contributed by atoms with Gasteiger partial charge in [0.25, 0.3) is 0 Å². The van der Waals surface area contributed by atoms with Crippen molar-refractivity contribution in [3.05, 3.63) is 29.6 Å². The van der Waals surface area contributed by atoms with E-state index in [9.17, 15) is 17.6 Å². The summed E-state index contributed by atoms with van der Waals surface area (Å²) in [4.78, 5) is 1.34. The molecule has 1 saturated carbocycles. The number of halogens is 4. The second kappa shape index (κ2) is 5.99. The first-order valence-corrected chi connectivity index (χ1v) is 6.65. The summed E-state index contributed by atoms with van der Waals surface area (Å²) < 4.78 is 50.7. The minimum atomic E-state index is -4.23. The Hall–Kier alpha value is -1.30. The van der Waals surface area contributed by atoms with E-state index in [1.54, 1.807) is 12.1 Å². The van der Waals surface area contributed by atoms with Crippen LogP contribution in [0.15, 0.2) is 18.2 Å². The van der Waals surface area contributed by atoms with E-state index >= 15 is 0 Å². The van der Waals surface area contributed by atoms with Gasteiger partial charge in [-0.05, 0) is 24.5 Å². The molecule has 0 radical (unpaired) electrons. The molecule has 1 aromatic rings. The van der Waals surface area contributed by atoms with Crippen molar-refractivity contribution in [1.82, 2.24) is 5.32 Å². The van der Waals surface area contributed by atoms with Crippen molar-refractivity contribution in [2.75, 3.05) is 18.5 Å². The zero-order valence-electron chi connectivity index (χ0n) is 11.3. The average Bonchev–Trinajstić information content (AvgIpc) is 3.16. The SMILES string of the molecule is CN(CCC(F)(F)F)c1c(F)cccc1CNC1CC1. The van der Waals surface area contributed by atoms with Crippen molar-refractivity contribution in [3.8, 4) is 0 Å². The van der Waals surface area contributed by atoms with Crippen molar-refractivity contribution in [2.24, 2.45) is 0 Å². The predicted octanol–water partition coefficient (Wildman–Crippen LogP) is 3.47. The van der Waals surface area contributed by atoms with Crippen molar-refractivity contribution in [1.29, 1.82) is 0 Å². The number of rotatable bonds is 6. The van der Waals surface area contributed by atoms with E-state index in [-0.39, 0.29) is 12.2 Å². The van der Waals surface area contributed by atoms with Gasteiger partial charge in [-0.2, -0.15) is 13.2 Å². The Labute approximate surface area is 115 Å². The smallest absolute Gasteiger partial charge is 0.372 e. The fraction of sp³-hybridized carbons (Fsp3) is 0.571. The second-order valence-corrected chi connectivity index (χ2v) is 5.19. The highest BCUT2D eigenvalue weighted by molar-refractivity contribution is 5.54. The van der Waals surface area contributed by atoms with Gasteiger partial charge in [-0.25, -0.2) is 4.39 Å². The average molecular weight is 290 g/mol. The third-order valence-corrected chi connectivity index (χ3v) is 3.34. The molecule has 0 heterocycles. The molecule has 1 N–H and O–H groups in total. The summed E-state index contributed by atoms with van der Waals surface area (Å²) in [5, 5.41) is 3.25. The van der Waals surface area contributed by atoms with Gasteiger partial charge in [0.15, 0.2) is 0 Å². The number of hydrogen-bond donors (Lipinski definition) is 1. The molecular weight excluding hydrogens is 272 g/mol. The van der Waals surface area contributed by atoms with Gasteiger partial charge in [0.1, 0.15) is 5.82 Å². The zero-order chi connectivity index (χ0) is 14.8. The maximum atomic E-state index is 13.9. The van der Waals surface area contributed by atoms with Crippen LogP contribution < -0.4 is 10.2 Å². The highest BCUT2D eigenvalue weighted by Gasteiger charge is 2.28. The van der Waals surface area contributed by atoms with Crippen LogP contribution in [0.2, 0.25) is 0 Å². The molecule has 0 amide bonds. The lowest BCUT2D eigenvalue weighted by atomic mass is 10.1. The Kier molecular flexibility index (Phi) is 4.52. The molecule has 0 aromatic heterocycles. The first-order valence-electron chi connectivity index (χ1n) is 6.65. The Morgan fingerprint density at radius 3 is 2.60 bits per heavy atom. The van der Waals surface area contributed by atoms with E-state index in [1.807, 2.05) is 0 Å². The van der Waals surface area contributed by atoms with Crippen LogP contribution in [0.5, 0.6) is 0 Å². The zero-order valence-corrected chi connectivity index (χ0v) is 11.3. The summed E-state index contributed by atoms with van der Waals surface area (Å²) >= 11 is 0. The van der Waals surface area contributed by atoms with Crippen LogP contribution in [-0.4, -0.2) is 25.8 Å². The third-order valence-electron chi connectivity index (χ3n) is 3.34. The van der Waals surface area contributed by atoms with Crippen molar-refractivity contribution in [2.45, 2.75) is 38.0 Å². The fourth-order valence-electron chi connectivity index (χ4n) is 2.08. The number of nitrogens with one attached hydrogen (secondary N) is 1. The van der Waals surface area contributed by atoms with Gasteiger partial charge in [0.05, 0.1) is 12.1 Å². The predicted molar refractivity (Wildman–Crippen MR) is 70.2 cm³/mol. The van der Waals surface area contributed by atoms with Crippen LogP contribution in [0.1, 0.15) is 24.8 Å². The monoisotopic (exact) mass is 290 g/mol. The summed E-state index contributed by atoms with van der Waals surface area (Å²) in [5.74, 6) is -0.482. The number of anilines is 1. The molecule has 0 aliphatic heterocycles. The first-order chi connectivity index (χ1) is 9.37. The van der Waals surface area contributed by atoms with Crippen molar-refractivity contribution < 1.29 is 17.6 Å². The summed E-state index contributed by atoms with van der Waals surface area (Å²) in [5.41, 5.74) is 0.950. The molecule has 6 heteroatoms. The molecule has 112 valence electrons. The lowest BCUT2D eigenvalue weighted by Crippen LogP contribution is -2.27. The summed E-state index contributed by atoms with van der Waals surface area (Å²) in [6.45, 7) is 0.231. The number of benzene rings is 1. The van der Waals surface area contributed by atoms with E-state index in [2.05, 4.69) is 5.32 Å². The molecule has 1 fully saturated rings. The normalized spacial score (nSPS) is 15.4. The van der Waals surface area contributed by atoms with Crippen LogP contribution in [-0.2, 0) is 6.54 Å². The second-order valence-electron chi connectivity index (χ2n) is 5.19. The maximum Gasteiger partial charge on any atom is 0.390 e. The number of hydrogen-bond acceptors (Lipinski definition) is 2. The minimum Gasteiger partial charge on any atom is -0.372 e. The van der Waals surface area contributed by atoms with Gasteiger partial charge in [0.2, 0.25) is 0 Å². The number of nitrogens with zero attached hydrogens (tertiary/aromatic N) is 1. The van der Waals surface area contributed by atoms with E-state index < -0.39 is 18.4 Å². The van der Waals surface area contributed by atoms with Gasteiger partial charge < -0.3 is 10.2 Å². The number of para-hydroxylation sites is 1. The Morgan fingerprint density at radius 2 is 2.00 bits per heavy atom. The lowest BCUT2D eigenvalue weighted by molar-refractivity contribution is -0.132. The molecule has 0 unspecified atom stereocenters. The quantitative estimate of drug-likeness (QED) is 0.807. The third kappa shape index (κ3) is 4.37. The Morgan fingerprint density at radius 1 is 1.30 bits per heavy atom. The van der Waals surface area contributed by atoms with Gasteiger partial charge in [0, 0.05) is 26.2 Å². The topological polar surface area (TPSA) is 15.3 Å². The lowest BCUT2D eigenvalue weighted by Gasteiger charge is -2.24. The highest BCUT2D eigenvalue weighted by Crippen LogP contribution is 2.27. The van der Waals surface area contributed by atoms with Gasteiger partial charge in [-0.3, -0.25) is 0 Å². The standard InChI is InChI=1S/C14H18F4N2/c1-20(8-7-14(16,17)18)13-10(3-2-4-12(13)15)9-19-11-5-6-11/h2-4,11,19H,5-9H2,1H3. The molecule has 0 spiro atoms. The Bertz CT molecular complexity index is 455. The van der Waals surface area contributed by atoms with Crippen molar-refractivity contribution in [3.63, 3.8) is 0 Å². The summed E-state index contributed by atoms with van der Waals surface area (Å²) in [6.07, 6.45) is -2.97. The van der Waals surface area contributed by atoms with Crippen LogP contribution in [0, 0.1) is 5.82 Å². The van der Waals surface area contributed by atoms with E-state index in [4.69, 9.17) is 0 Å². The Balaban J connectivity index is 2.06. The molecule has 0 saturated heterocycles. The van der Waals surface area contributed by atoms with Crippen molar-refractivity contribution >= 4 is 5.69 Å². The molecule has 1 aromatic carbocycles. The van der Waals surface area contributed by atoms with E-state index in [1.165, 1.54) is 18.0 Å². The van der Waals surface area contributed by atoms with Crippen LogP contribution in [0.25, 0.3) is 0 Å². The molecule has 1 aliphatic rings. The molecule has 20 heavy (non-hydrogen) atoms. The molecular formula is C14H18F4N2. The minimum absolute atomic E-state index is 0.249. The van der Waals surface area contributed by atoms with Crippen LogP contribution >= 0.6 is 0 Å². The first kappa shape index (κ1) is 15.1.